The molecule has 0 radical (unpaired) electrons. The van der Waals surface area contributed by atoms with E-state index in [2.05, 4.69) is 10.1 Å². The molecule has 0 atom stereocenters. The molecule has 0 bridgehead atoms. The maximum Gasteiger partial charge on any atom is 0.305 e. The summed E-state index contributed by atoms with van der Waals surface area (Å²) in [6.07, 6.45) is 3.61. The Hall–Kier alpha value is -1.19. The number of rotatable bonds is 3. The number of aromatic amines is 1. The molecule has 0 unspecified atom stereocenters. The molecule has 2 aliphatic rings. The average Bonchev–Trinajstić information content (AvgIpc) is 3.10. The zero-order valence-electron chi connectivity index (χ0n) is 10.7. The number of piperidine rings is 1. The molecule has 7 nitrogen and oxygen atoms in total. The van der Waals surface area contributed by atoms with Crippen LogP contribution in [0.2, 0.25) is 0 Å². The van der Waals surface area contributed by atoms with Gasteiger partial charge in [-0.3, -0.25) is 4.79 Å². The molecule has 0 aromatic carbocycles. The summed E-state index contributed by atoms with van der Waals surface area (Å²) in [7, 11) is -3.54. The van der Waals surface area contributed by atoms with Gasteiger partial charge >= 0.3 is 4.87 Å². The molecule has 2 aliphatic heterocycles. The lowest BCUT2D eigenvalue weighted by Gasteiger charge is -2.30. The predicted octanol–water partition coefficient (Wildman–Crippen LogP) is 0.613. The standard InChI is InChI=1S/C11H15N3O4S2/c15-11-12-7-10(19-11)20(16,17)14-4-1-8(2-5-14)9-3-6-18-13-9/h7-8H,1-6H2,(H,12,15). The van der Waals surface area contributed by atoms with Crippen LogP contribution in [-0.4, -0.2) is 43.1 Å². The highest BCUT2D eigenvalue weighted by atomic mass is 32.2. The number of oxime groups is 1. The van der Waals surface area contributed by atoms with Crippen LogP contribution in [0, 0.1) is 5.92 Å². The molecule has 3 rings (SSSR count). The van der Waals surface area contributed by atoms with Crippen LogP contribution < -0.4 is 4.87 Å². The third kappa shape index (κ3) is 2.52. The summed E-state index contributed by atoms with van der Waals surface area (Å²) in [4.78, 5) is 18.1. The lowest BCUT2D eigenvalue weighted by molar-refractivity contribution is 0.173. The van der Waals surface area contributed by atoms with Gasteiger partial charge in [0.1, 0.15) is 6.61 Å². The van der Waals surface area contributed by atoms with Gasteiger partial charge in [-0.1, -0.05) is 16.5 Å². The van der Waals surface area contributed by atoms with Crippen LogP contribution in [0.1, 0.15) is 19.3 Å². The van der Waals surface area contributed by atoms with Gasteiger partial charge in [-0.25, -0.2) is 8.42 Å². The van der Waals surface area contributed by atoms with Gasteiger partial charge in [0.05, 0.1) is 5.71 Å². The molecule has 1 aromatic rings. The van der Waals surface area contributed by atoms with Crippen LogP contribution in [0.3, 0.4) is 0 Å². The fourth-order valence-corrected chi connectivity index (χ4v) is 5.09. The molecule has 3 heterocycles. The minimum absolute atomic E-state index is 0.0856. The molecule has 1 N–H and O–H groups in total. The van der Waals surface area contributed by atoms with Gasteiger partial charge in [0.2, 0.25) is 0 Å². The van der Waals surface area contributed by atoms with Gasteiger partial charge in [-0.15, -0.1) is 0 Å². The van der Waals surface area contributed by atoms with E-state index in [4.69, 9.17) is 4.84 Å². The van der Waals surface area contributed by atoms with Crippen LogP contribution >= 0.6 is 11.3 Å². The van der Waals surface area contributed by atoms with Gasteiger partial charge in [0.15, 0.2) is 4.21 Å². The molecule has 0 aliphatic carbocycles. The first kappa shape index (κ1) is 13.8. The summed E-state index contributed by atoms with van der Waals surface area (Å²) in [5.74, 6) is 0.314. The zero-order valence-corrected chi connectivity index (χ0v) is 12.4. The maximum absolute atomic E-state index is 12.4. The van der Waals surface area contributed by atoms with Crippen molar-refractivity contribution in [1.29, 1.82) is 0 Å². The van der Waals surface area contributed by atoms with Gasteiger partial charge in [-0.05, 0) is 12.8 Å². The van der Waals surface area contributed by atoms with Crippen molar-refractivity contribution in [2.75, 3.05) is 19.7 Å². The average molecular weight is 317 g/mol. The first-order valence-electron chi connectivity index (χ1n) is 6.45. The number of nitrogens with one attached hydrogen (secondary N) is 1. The molecule has 110 valence electrons. The Balaban J connectivity index is 1.70. The summed E-state index contributed by atoms with van der Waals surface area (Å²) in [5.41, 5.74) is 1.05. The summed E-state index contributed by atoms with van der Waals surface area (Å²) in [6.45, 7) is 1.54. The quantitative estimate of drug-likeness (QED) is 0.884. The number of thiazole rings is 1. The van der Waals surface area contributed by atoms with E-state index < -0.39 is 10.0 Å². The van der Waals surface area contributed by atoms with Crippen LogP contribution in [0.4, 0.5) is 0 Å². The molecule has 0 saturated carbocycles. The van der Waals surface area contributed by atoms with E-state index in [-0.39, 0.29) is 9.08 Å². The Morgan fingerprint density at radius 3 is 2.70 bits per heavy atom. The first-order valence-corrected chi connectivity index (χ1v) is 8.70. The van der Waals surface area contributed by atoms with Crippen molar-refractivity contribution in [2.24, 2.45) is 11.1 Å². The summed E-state index contributed by atoms with van der Waals surface area (Å²) in [5, 5.41) is 4.01. The molecule has 20 heavy (non-hydrogen) atoms. The maximum atomic E-state index is 12.4. The molecule has 0 spiro atoms. The monoisotopic (exact) mass is 317 g/mol. The molecule has 1 aromatic heterocycles. The number of H-pyrrole nitrogens is 1. The molecule has 9 heteroatoms. The van der Waals surface area contributed by atoms with Crippen molar-refractivity contribution < 1.29 is 13.3 Å². The van der Waals surface area contributed by atoms with E-state index in [0.717, 1.165) is 36.3 Å². The van der Waals surface area contributed by atoms with Crippen LogP contribution in [-0.2, 0) is 14.9 Å². The van der Waals surface area contributed by atoms with Crippen molar-refractivity contribution in [3.63, 3.8) is 0 Å². The van der Waals surface area contributed by atoms with Crippen molar-refractivity contribution >= 4 is 27.1 Å². The molecule has 0 amide bonds. The number of nitrogens with zero attached hydrogens (tertiary/aromatic N) is 2. The Morgan fingerprint density at radius 2 is 2.15 bits per heavy atom. The SMILES string of the molecule is O=c1[nH]cc(S(=O)(=O)N2CCC(C3=NOCC3)CC2)s1. The highest BCUT2D eigenvalue weighted by Gasteiger charge is 2.33. The third-order valence-corrected chi connectivity index (χ3v) is 6.83. The second-order valence-electron chi connectivity index (χ2n) is 4.84. The van der Waals surface area contributed by atoms with E-state index in [1.165, 1.54) is 10.5 Å². The number of aromatic nitrogens is 1. The number of hydrogen-bond acceptors (Lipinski definition) is 6. The van der Waals surface area contributed by atoms with Gasteiger partial charge in [0, 0.05) is 31.6 Å². The van der Waals surface area contributed by atoms with Gasteiger partial charge in [0.25, 0.3) is 10.0 Å². The van der Waals surface area contributed by atoms with Gasteiger partial charge in [-0.2, -0.15) is 4.31 Å². The lowest BCUT2D eigenvalue weighted by atomic mass is 9.92. The van der Waals surface area contributed by atoms with E-state index in [9.17, 15) is 13.2 Å². The largest absolute Gasteiger partial charge is 0.395 e. The van der Waals surface area contributed by atoms with E-state index in [1.54, 1.807) is 0 Å². The Labute approximate surface area is 120 Å². The minimum Gasteiger partial charge on any atom is -0.395 e. The minimum atomic E-state index is -3.54. The number of sulfonamides is 1. The smallest absolute Gasteiger partial charge is 0.305 e. The normalized spacial score (nSPS) is 21.7. The van der Waals surface area contributed by atoms with E-state index in [0.29, 0.717) is 25.6 Å². The second kappa shape index (κ2) is 5.30. The predicted molar refractivity (Wildman–Crippen MR) is 74.4 cm³/mol. The van der Waals surface area contributed by atoms with Crippen LogP contribution in [0.25, 0.3) is 0 Å². The number of hydrogen-bond donors (Lipinski definition) is 1. The Morgan fingerprint density at radius 1 is 1.40 bits per heavy atom. The highest BCUT2D eigenvalue weighted by Crippen LogP contribution is 2.27. The van der Waals surface area contributed by atoms with E-state index in [1.807, 2.05) is 0 Å². The van der Waals surface area contributed by atoms with E-state index >= 15 is 0 Å². The zero-order chi connectivity index (χ0) is 14.2. The highest BCUT2D eigenvalue weighted by molar-refractivity contribution is 7.91. The topological polar surface area (TPSA) is 91.8 Å². The summed E-state index contributed by atoms with van der Waals surface area (Å²) >= 11 is 0.730. The lowest BCUT2D eigenvalue weighted by Crippen LogP contribution is -2.39. The Kier molecular flexibility index (Phi) is 3.65. The van der Waals surface area contributed by atoms with Crippen LogP contribution in [0.15, 0.2) is 20.4 Å². The van der Waals surface area contributed by atoms with Crippen molar-refractivity contribution in [3.8, 4) is 0 Å². The first-order chi connectivity index (χ1) is 9.57. The molecular weight excluding hydrogens is 302 g/mol. The molecular formula is C11H15N3O4S2. The Bertz CT molecular complexity index is 668. The third-order valence-electron chi connectivity index (χ3n) is 3.65. The fourth-order valence-electron chi connectivity index (χ4n) is 2.55. The molecule has 1 saturated heterocycles. The van der Waals surface area contributed by atoms with Crippen molar-refractivity contribution in [3.05, 3.63) is 15.9 Å². The summed E-state index contributed by atoms with van der Waals surface area (Å²) in [6, 6.07) is 0. The van der Waals surface area contributed by atoms with Gasteiger partial charge < -0.3 is 9.82 Å². The van der Waals surface area contributed by atoms with Crippen molar-refractivity contribution in [2.45, 2.75) is 23.5 Å². The summed E-state index contributed by atoms with van der Waals surface area (Å²) < 4.78 is 26.2. The van der Waals surface area contributed by atoms with Crippen molar-refractivity contribution in [1.82, 2.24) is 9.29 Å². The van der Waals surface area contributed by atoms with Crippen LogP contribution in [0.5, 0.6) is 0 Å². The second-order valence-corrected chi connectivity index (χ2v) is 8.02. The molecule has 1 fully saturated rings. The fraction of sp³-hybridized carbons (Fsp3) is 0.636.